The Labute approximate surface area is 101 Å². The second-order valence-corrected chi connectivity index (χ2v) is 3.44. The second kappa shape index (κ2) is 5.67. The fourth-order valence-electron chi connectivity index (χ4n) is 1.19. The highest BCUT2D eigenvalue weighted by Crippen LogP contribution is 2.19. The van der Waals surface area contributed by atoms with Crippen LogP contribution in [0, 0.1) is 0 Å². The monoisotopic (exact) mass is 263 g/mol. The molecule has 0 aromatic carbocycles. The molecular weight excluding hydrogens is 251 g/mol. The van der Waals surface area contributed by atoms with E-state index in [4.69, 9.17) is 5.11 Å². The maximum absolute atomic E-state index is 12.0. The first-order valence-corrected chi connectivity index (χ1v) is 5.01. The Kier molecular flexibility index (Phi) is 4.49. The topological polar surface area (TPSA) is 74.2 Å². The van der Waals surface area contributed by atoms with Crippen LogP contribution < -0.4 is 10.6 Å². The largest absolute Gasteiger partial charge is 0.416 e. The summed E-state index contributed by atoms with van der Waals surface area (Å²) in [7, 11) is 1.55. The average Bonchev–Trinajstić information content (AvgIpc) is 2.34. The van der Waals surface area contributed by atoms with E-state index in [1.54, 1.807) is 7.05 Å². The van der Waals surface area contributed by atoms with Crippen molar-refractivity contribution in [2.45, 2.75) is 12.3 Å². The van der Waals surface area contributed by atoms with Gasteiger partial charge in [0.2, 0.25) is 0 Å². The van der Waals surface area contributed by atoms with Crippen LogP contribution in [0.1, 0.15) is 10.4 Å². The lowest BCUT2D eigenvalue weighted by atomic mass is 10.2. The van der Waals surface area contributed by atoms with Crippen LogP contribution in [-0.2, 0) is 0 Å². The van der Waals surface area contributed by atoms with Crippen LogP contribution in [0.15, 0.2) is 18.5 Å². The minimum atomic E-state index is -4.75. The number of carbonyl (C=O) groups excluding carboxylic acids is 1. The van der Waals surface area contributed by atoms with Gasteiger partial charge in [0.1, 0.15) is 0 Å². The number of nitrogens with zero attached hydrogens (tertiary/aromatic N) is 1. The highest BCUT2D eigenvalue weighted by Gasteiger charge is 2.38. The zero-order valence-corrected chi connectivity index (χ0v) is 9.45. The molecule has 3 N–H and O–H groups in total. The summed E-state index contributed by atoms with van der Waals surface area (Å²) in [5.74, 6) is -0.718. The van der Waals surface area contributed by atoms with E-state index in [0.29, 0.717) is 5.69 Å². The smallest absolute Gasteiger partial charge is 0.386 e. The van der Waals surface area contributed by atoms with Gasteiger partial charge < -0.3 is 15.7 Å². The lowest BCUT2D eigenvalue weighted by Gasteiger charge is -2.15. The summed E-state index contributed by atoms with van der Waals surface area (Å²) in [5, 5.41) is 13.4. The van der Waals surface area contributed by atoms with Crippen LogP contribution in [-0.4, -0.2) is 41.9 Å². The molecule has 0 fully saturated rings. The van der Waals surface area contributed by atoms with E-state index in [2.05, 4.69) is 10.3 Å². The molecule has 5 nitrogen and oxygen atoms in total. The van der Waals surface area contributed by atoms with Crippen molar-refractivity contribution in [3.05, 3.63) is 24.0 Å². The highest BCUT2D eigenvalue weighted by atomic mass is 19.4. The van der Waals surface area contributed by atoms with Crippen LogP contribution >= 0.6 is 0 Å². The molecule has 18 heavy (non-hydrogen) atoms. The van der Waals surface area contributed by atoms with E-state index in [-0.39, 0.29) is 5.56 Å². The third kappa shape index (κ3) is 3.59. The third-order valence-corrected chi connectivity index (χ3v) is 2.17. The number of aliphatic hydroxyl groups is 1. The number of anilines is 1. The van der Waals surface area contributed by atoms with E-state index < -0.39 is 24.7 Å². The summed E-state index contributed by atoms with van der Waals surface area (Å²) in [6.45, 7) is -0.895. The molecule has 0 aliphatic carbocycles. The van der Waals surface area contributed by atoms with E-state index in [9.17, 15) is 18.0 Å². The predicted molar refractivity (Wildman–Crippen MR) is 58.2 cm³/mol. The summed E-state index contributed by atoms with van der Waals surface area (Å²) in [4.78, 5) is 15.4. The van der Waals surface area contributed by atoms with Gasteiger partial charge in [0.15, 0.2) is 6.10 Å². The first-order valence-electron chi connectivity index (χ1n) is 5.01. The quantitative estimate of drug-likeness (QED) is 0.750. The minimum Gasteiger partial charge on any atom is -0.386 e. The first-order chi connectivity index (χ1) is 8.36. The fourth-order valence-corrected chi connectivity index (χ4v) is 1.19. The SMILES string of the molecule is CNc1cnccc1C(=O)NCC(O)C(F)(F)F. The van der Waals surface area contributed by atoms with E-state index in [1.807, 2.05) is 5.32 Å². The Hall–Kier alpha value is -1.83. The molecule has 8 heteroatoms. The van der Waals surface area contributed by atoms with Gasteiger partial charge in [-0.15, -0.1) is 0 Å². The van der Waals surface area contributed by atoms with Gasteiger partial charge in [0.25, 0.3) is 5.91 Å². The van der Waals surface area contributed by atoms with Gasteiger partial charge in [-0.3, -0.25) is 9.78 Å². The molecule has 0 aliphatic rings. The van der Waals surface area contributed by atoms with Gasteiger partial charge in [-0.1, -0.05) is 0 Å². The molecule has 0 bridgehead atoms. The number of carbonyl (C=O) groups is 1. The number of amides is 1. The highest BCUT2D eigenvalue weighted by molar-refractivity contribution is 5.99. The van der Waals surface area contributed by atoms with Crippen LogP contribution in [0.25, 0.3) is 0 Å². The number of alkyl halides is 3. The molecule has 0 spiro atoms. The maximum atomic E-state index is 12.0. The Morgan fingerprint density at radius 3 is 2.78 bits per heavy atom. The van der Waals surface area contributed by atoms with E-state index in [0.717, 1.165) is 0 Å². The standard InChI is InChI=1S/C10H12F3N3O2/c1-14-7-4-15-3-2-6(7)9(18)16-5-8(17)10(11,12)13/h2-4,8,14,17H,5H2,1H3,(H,16,18). The van der Waals surface area contributed by atoms with Gasteiger partial charge in [0.05, 0.1) is 24.0 Å². The summed E-state index contributed by atoms with van der Waals surface area (Å²) in [5.41, 5.74) is 0.540. The van der Waals surface area contributed by atoms with E-state index in [1.165, 1.54) is 18.5 Å². The number of halogens is 3. The van der Waals surface area contributed by atoms with Crippen molar-refractivity contribution in [1.82, 2.24) is 10.3 Å². The van der Waals surface area contributed by atoms with Gasteiger partial charge in [-0.25, -0.2) is 0 Å². The van der Waals surface area contributed by atoms with Gasteiger partial charge in [-0.05, 0) is 6.07 Å². The number of nitrogens with one attached hydrogen (secondary N) is 2. The van der Waals surface area contributed by atoms with E-state index >= 15 is 0 Å². The molecule has 0 saturated carbocycles. The summed E-state index contributed by atoms with van der Waals surface area (Å²) in [6.07, 6.45) is -4.62. The Morgan fingerprint density at radius 1 is 1.56 bits per heavy atom. The average molecular weight is 263 g/mol. The molecule has 100 valence electrons. The lowest BCUT2D eigenvalue weighted by Crippen LogP contribution is -2.40. The molecule has 1 aromatic rings. The molecule has 1 atom stereocenters. The van der Waals surface area contributed by atoms with Crippen LogP contribution in [0.4, 0.5) is 18.9 Å². The number of hydrogen-bond donors (Lipinski definition) is 3. The summed E-state index contributed by atoms with van der Waals surface area (Å²) in [6, 6.07) is 1.36. The summed E-state index contributed by atoms with van der Waals surface area (Å²) >= 11 is 0. The Balaban J connectivity index is 2.66. The second-order valence-electron chi connectivity index (χ2n) is 3.44. The zero-order valence-electron chi connectivity index (χ0n) is 9.45. The molecular formula is C10H12F3N3O2. The minimum absolute atomic E-state index is 0.155. The van der Waals surface area contributed by atoms with Crippen molar-refractivity contribution in [2.24, 2.45) is 0 Å². The lowest BCUT2D eigenvalue weighted by molar-refractivity contribution is -0.201. The Bertz CT molecular complexity index is 423. The predicted octanol–water partition coefficient (Wildman–Crippen LogP) is 0.776. The molecule has 0 aliphatic heterocycles. The number of aliphatic hydroxyl groups excluding tert-OH is 1. The van der Waals surface area contributed by atoms with Gasteiger partial charge in [-0.2, -0.15) is 13.2 Å². The fraction of sp³-hybridized carbons (Fsp3) is 0.400. The third-order valence-electron chi connectivity index (χ3n) is 2.17. The van der Waals surface area contributed by atoms with Crippen molar-refractivity contribution in [2.75, 3.05) is 18.9 Å². The first kappa shape index (κ1) is 14.2. The molecule has 0 saturated heterocycles. The van der Waals surface area contributed by atoms with Gasteiger partial charge in [0, 0.05) is 13.2 Å². The summed E-state index contributed by atoms with van der Waals surface area (Å²) < 4.78 is 36.1. The van der Waals surface area contributed by atoms with Crippen molar-refractivity contribution in [3.8, 4) is 0 Å². The zero-order chi connectivity index (χ0) is 13.8. The number of hydrogen-bond acceptors (Lipinski definition) is 4. The van der Waals surface area contributed by atoms with Crippen LogP contribution in [0.5, 0.6) is 0 Å². The molecule has 1 rings (SSSR count). The number of rotatable bonds is 4. The molecule has 1 heterocycles. The molecule has 1 amide bonds. The van der Waals surface area contributed by atoms with Crippen molar-refractivity contribution in [3.63, 3.8) is 0 Å². The number of pyridine rings is 1. The normalized spacial score (nSPS) is 12.9. The molecule has 1 unspecified atom stereocenters. The Morgan fingerprint density at radius 2 is 2.22 bits per heavy atom. The molecule has 1 aromatic heterocycles. The molecule has 0 radical (unpaired) electrons. The number of aromatic nitrogens is 1. The van der Waals surface area contributed by atoms with Crippen LogP contribution in [0.3, 0.4) is 0 Å². The van der Waals surface area contributed by atoms with Crippen molar-refractivity contribution < 1.29 is 23.1 Å². The van der Waals surface area contributed by atoms with Crippen molar-refractivity contribution in [1.29, 1.82) is 0 Å². The van der Waals surface area contributed by atoms with Gasteiger partial charge >= 0.3 is 6.18 Å². The van der Waals surface area contributed by atoms with Crippen molar-refractivity contribution >= 4 is 11.6 Å². The maximum Gasteiger partial charge on any atom is 0.416 e. The van der Waals surface area contributed by atoms with Crippen LogP contribution in [0.2, 0.25) is 0 Å².